The van der Waals surface area contributed by atoms with E-state index in [9.17, 15) is 9.59 Å². The summed E-state index contributed by atoms with van der Waals surface area (Å²) in [4.78, 5) is 26.0. The largest absolute Gasteiger partial charge is 0.336 e. The summed E-state index contributed by atoms with van der Waals surface area (Å²) < 4.78 is 0. The predicted molar refractivity (Wildman–Crippen MR) is 70.7 cm³/mol. The van der Waals surface area contributed by atoms with Crippen LogP contribution in [0.1, 0.15) is 40.7 Å². The van der Waals surface area contributed by atoms with Crippen LogP contribution in [-0.4, -0.2) is 29.7 Å². The van der Waals surface area contributed by atoms with Crippen molar-refractivity contribution < 1.29 is 9.59 Å². The molecule has 18 heavy (non-hydrogen) atoms. The standard InChI is InChI=1S/C15H19NO2/c1-11-6-7-13(12(2)10-11)14(17)15(18)16-8-4-3-5-9-16/h6-7,10H,3-5,8-9H2,1-2H3. The number of ketones is 1. The Morgan fingerprint density at radius 1 is 1.06 bits per heavy atom. The molecule has 1 aliphatic rings. The van der Waals surface area contributed by atoms with E-state index in [4.69, 9.17) is 0 Å². The number of aryl methyl sites for hydroxylation is 2. The van der Waals surface area contributed by atoms with Crippen molar-refractivity contribution in [3.05, 3.63) is 34.9 Å². The molecule has 0 radical (unpaired) electrons. The van der Waals surface area contributed by atoms with Gasteiger partial charge in [0.25, 0.3) is 11.7 Å². The average Bonchev–Trinajstić information content (AvgIpc) is 2.38. The lowest BCUT2D eigenvalue weighted by Gasteiger charge is -2.26. The average molecular weight is 245 g/mol. The van der Waals surface area contributed by atoms with Crippen molar-refractivity contribution in [3.63, 3.8) is 0 Å². The van der Waals surface area contributed by atoms with Crippen molar-refractivity contribution in [3.8, 4) is 0 Å². The summed E-state index contributed by atoms with van der Waals surface area (Å²) >= 11 is 0. The van der Waals surface area contributed by atoms with Gasteiger partial charge in [-0.2, -0.15) is 0 Å². The number of nitrogens with zero attached hydrogens (tertiary/aromatic N) is 1. The van der Waals surface area contributed by atoms with Crippen molar-refractivity contribution in [2.75, 3.05) is 13.1 Å². The molecule has 0 N–H and O–H groups in total. The Labute approximate surface area is 108 Å². The lowest BCUT2D eigenvalue weighted by atomic mass is 10.0. The van der Waals surface area contributed by atoms with E-state index in [0.717, 1.165) is 43.5 Å². The molecule has 0 aromatic heterocycles. The maximum atomic E-state index is 12.2. The smallest absolute Gasteiger partial charge is 0.294 e. The number of hydrogen-bond donors (Lipinski definition) is 0. The van der Waals surface area contributed by atoms with Crippen LogP contribution in [0.4, 0.5) is 0 Å². The predicted octanol–water partition coefficient (Wildman–Crippen LogP) is 2.50. The van der Waals surface area contributed by atoms with Crippen molar-refractivity contribution in [1.82, 2.24) is 4.90 Å². The quantitative estimate of drug-likeness (QED) is 0.593. The van der Waals surface area contributed by atoms with Gasteiger partial charge in [-0.1, -0.05) is 23.8 Å². The van der Waals surface area contributed by atoms with E-state index in [1.54, 1.807) is 11.0 Å². The monoisotopic (exact) mass is 245 g/mol. The number of likely N-dealkylation sites (tertiary alicyclic amines) is 1. The van der Waals surface area contributed by atoms with Crippen LogP contribution in [-0.2, 0) is 4.79 Å². The molecule has 0 unspecified atom stereocenters. The molecule has 3 nitrogen and oxygen atoms in total. The zero-order valence-corrected chi connectivity index (χ0v) is 11.0. The van der Waals surface area contributed by atoms with E-state index in [2.05, 4.69) is 0 Å². The van der Waals surface area contributed by atoms with Gasteiger partial charge in [0.2, 0.25) is 0 Å². The van der Waals surface area contributed by atoms with E-state index in [1.165, 1.54) is 0 Å². The van der Waals surface area contributed by atoms with Gasteiger partial charge in [0.15, 0.2) is 0 Å². The molecule has 1 aliphatic heterocycles. The Kier molecular flexibility index (Phi) is 3.80. The number of amides is 1. The van der Waals surface area contributed by atoms with Gasteiger partial charge < -0.3 is 4.90 Å². The maximum Gasteiger partial charge on any atom is 0.294 e. The first kappa shape index (κ1) is 12.8. The van der Waals surface area contributed by atoms with Gasteiger partial charge in [0.05, 0.1) is 0 Å². The first-order valence-electron chi connectivity index (χ1n) is 6.50. The van der Waals surface area contributed by atoms with Crippen LogP contribution >= 0.6 is 0 Å². The van der Waals surface area contributed by atoms with Crippen LogP contribution in [0.15, 0.2) is 18.2 Å². The van der Waals surface area contributed by atoms with Crippen molar-refractivity contribution in [1.29, 1.82) is 0 Å². The molecule has 1 aromatic carbocycles. The molecule has 1 fully saturated rings. The van der Waals surface area contributed by atoms with Crippen LogP contribution in [0.5, 0.6) is 0 Å². The second-order valence-corrected chi connectivity index (χ2v) is 5.00. The second-order valence-electron chi connectivity index (χ2n) is 5.00. The fourth-order valence-corrected chi connectivity index (χ4v) is 2.42. The Bertz CT molecular complexity index is 473. The molecule has 0 atom stereocenters. The zero-order chi connectivity index (χ0) is 13.1. The third-order valence-electron chi connectivity index (χ3n) is 3.46. The van der Waals surface area contributed by atoms with Gasteiger partial charge in [0, 0.05) is 18.7 Å². The molecule has 1 heterocycles. The highest BCUT2D eigenvalue weighted by Crippen LogP contribution is 2.15. The topological polar surface area (TPSA) is 37.4 Å². The highest BCUT2D eigenvalue weighted by Gasteiger charge is 2.25. The van der Waals surface area contributed by atoms with Crippen LogP contribution in [0, 0.1) is 13.8 Å². The van der Waals surface area contributed by atoms with Crippen LogP contribution in [0.25, 0.3) is 0 Å². The highest BCUT2D eigenvalue weighted by molar-refractivity contribution is 6.43. The molecule has 1 aromatic rings. The van der Waals surface area contributed by atoms with Gasteiger partial charge in [0.1, 0.15) is 0 Å². The third-order valence-corrected chi connectivity index (χ3v) is 3.46. The fourth-order valence-electron chi connectivity index (χ4n) is 2.42. The summed E-state index contributed by atoms with van der Waals surface area (Å²) in [5, 5.41) is 0. The lowest BCUT2D eigenvalue weighted by molar-refractivity contribution is -0.127. The molecule has 0 aliphatic carbocycles. The second kappa shape index (κ2) is 5.34. The molecule has 0 bridgehead atoms. The van der Waals surface area contributed by atoms with E-state index >= 15 is 0 Å². The molecule has 3 heteroatoms. The number of rotatable bonds is 2. The first-order valence-corrected chi connectivity index (χ1v) is 6.50. The van der Waals surface area contributed by atoms with Gasteiger partial charge in [-0.3, -0.25) is 9.59 Å². The Hall–Kier alpha value is -1.64. The van der Waals surface area contributed by atoms with Gasteiger partial charge in [-0.05, 0) is 38.7 Å². The van der Waals surface area contributed by atoms with Gasteiger partial charge in [-0.25, -0.2) is 0 Å². The molecule has 2 rings (SSSR count). The Morgan fingerprint density at radius 3 is 2.33 bits per heavy atom. The van der Waals surface area contributed by atoms with Crippen molar-refractivity contribution in [2.45, 2.75) is 33.1 Å². The molecular formula is C15H19NO2. The van der Waals surface area contributed by atoms with E-state index in [0.29, 0.717) is 5.56 Å². The molecule has 1 saturated heterocycles. The Balaban J connectivity index is 2.17. The van der Waals surface area contributed by atoms with E-state index in [-0.39, 0.29) is 11.7 Å². The number of hydrogen-bond acceptors (Lipinski definition) is 2. The summed E-state index contributed by atoms with van der Waals surface area (Å²) in [6, 6.07) is 5.58. The van der Waals surface area contributed by atoms with Crippen LogP contribution in [0.3, 0.4) is 0 Å². The van der Waals surface area contributed by atoms with Crippen LogP contribution in [0.2, 0.25) is 0 Å². The zero-order valence-electron chi connectivity index (χ0n) is 11.0. The normalized spacial score (nSPS) is 15.6. The minimum absolute atomic E-state index is 0.346. The van der Waals surface area contributed by atoms with Gasteiger partial charge >= 0.3 is 0 Å². The van der Waals surface area contributed by atoms with E-state index in [1.807, 2.05) is 26.0 Å². The maximum absolute atomic E-state index is 12.2. The number of benzene rings is 1. The number of carbonyl (C=O) groups excluding carboxylic acids is 2. The number of carbonyl (C=O) groups is 2. The summed E-state index contributed by atoms with van der Waals surface area (Å²) in [6.45, 7) is 5.29. The molecule has 1 amide bonds. The summed E-state index contributed by atoms with van der Waals surface area (Å²) in [7, 11) is 0. The van der Waals surface area contributed by atoms with Crippen molar-refractivity contribution >= 4 is 11.7 Å². The van der Waals surface area contributed by atoms with Crippen molar-refractivity contribution in [2.24, 2.45) is 0 Å². The number of piperidine rings is 1. The molecular weight excluding hydrogens is 226 g/mol. The lowest BCUT2D eigenvalue weighted by Crippen LogP contribution is -2.40. The first-order chi connectivity index (χ1) is 8.59. The third kappa shape index (κ3) is 2.61. The minimum Gasteiger partial charge on any atom is -0.336 e. The highest BCUT2D eigenvalue weighted by atomic mass is 16.2. The SMILES string of the molecule is Cc1ccc(C(=O)C(=O)N2CCCCC2)c(C)c1. The minimum atomic E-state index is -0.366. The van der Waals surface area contributed by atoms with E-state index < -0.39 is 0 Å². The fraction of sp³-hybridized carbons (Fsp3) is 0.467. The Morgan fingerprint density at radius 2 is 1.72 bits per heavy atom. The molecule has 0 spiro atoms. The summed E-state index contributed by atoms with van der Waals surface area (Å²) in [5.41, 5.74) is 2.52. The van der Waals surface area contributed by atoms with Gasteiger partial charge in [-0.15, -0.1) is 0 Å². The summed E-state index contributed by atoms with van der Waals surface area (Å²) in [6.07, 6.45) is 3.17. The molecule has 96 valence electrons. The number of Topliss-reactive ketones (excluding diaryl/α,β-unsaturated/α-hetero) is 1. The van der Waals surface area contributed by atoms with Crippen LogP contribution < -0.4 is 0 Å². The molecule has 0 saturated carbocycles. The summed E-state index contributed by atoms with van der Waals surface area (Å²) in [5.74, 6) is -0.712.